The van der Waals surface area contributed by atoms with Gasteiger partial charge in [0.2, 0.25) is 5.91 Å². The molecule has 0 bridgehead atoms. The molecule has 3 aromatic rings. The number of aromatic nitrogens is 4. The van der Waals surface area contributed by atoms with Crippen LogP contribution >= 0.6 is 34.7 Å². The van der Waals surface area contributed by atoms with Crippen LogP contribution in [0.2, 0.25) is 5.02 Å². The lowest BCUT2D eigenvalue weighted by atomic mass is 10.3. The number of thiazole rings is 1. The fourth-order valence-corrected chi connectivity index (χ4v) is 3.90. The monoisotopic (exact) mass is 453 g/mol. The molecule has 29 heavy (non-hydrogen) atoms. The molecule has 0 radical (unpaired) electrons. The molecule has 0 aliphatic heterocycles. The third-order valence-corrected chi connectivity index (χ3v) is 5.58. The first-order valence-electron chi connectivity index (χ1n) is 8.45. The van der Waals surface area contributed by atoms with E-state index in [4.69, 9.17) is 16.3 Å². The van der Waals surface area contributed by atoms with Gasteiger partial charge in [0.25, 0.3) is 0 Å². The third-order valence-electron chi connectivity index (χ3n) is 3.63. The Bertz CT molecular complexity index is 996. The molecule has 7 nitrogen and oxygen atoms in total. The molecule has 0 fully saturated rings. The van der Waals surface area contributed by atoms with E-state index >= 15 is 0 Å². The van der Waals surface area contributed by atoms with Crippen LogP contribution < -0.4 is 10.1 Å². The van der Waals surface area contributed by atoms with Gasteiger partial charge in [0.15, 0.2) is 22.2 Å². The van der Waals surface area contributed by atoms with E-state index in [1.165, 1.54) is 41.3 Å². The summed E-state index contributed by atoms with van der Waals surface area (Å²) in [5, 5.41) is 14.1. The molecule has 2 aromatic heterocycles. The Morgan fingerprint density at radius 1 is 1.52 bits per heavy atom. The standard InChI is InChI=1S/C18H17ClFN5O2S2/c1-3-7-25-16(11(2)27-14-5-4-12(20)9-13(14)19)23-24-18(25)29-10-15(26)22-17-21-6-8-28-17/h3-6,8-9,11H,1,7,10H2,2H3,(H,21,22,26). The van der Waals surface area contributed by atoms with E-state index in [1.807, 2.05) is 0 Å². The van der Waals surface area contributed by atoms with Gasteiger partial charge in [-0.1, -0.05) is 29.4 Å². The fourth-order valence-electron chi connectivity index (χ4n) is 2.39. The van der Waals surface area contributed by atoms with Crippen LogP contribution in [0.5, 0.6) is 5.75 Å². The number of ether oxygens (including phenoxy) is 1. The summed E-state index contributed by atoms with van der Waals surface area (Å²) in [5.41, 5.74) is 0. The summed E-state index contributed by atoms with van der Waals surface area (Å²) < 4.78 is 20.9. The lowest BCUT2D eigenvalue weighted by Crippen LogP contribution is -2.15. The van der Waals surface area contributed by atoms with Gasteiger partial charge < -0.3 is 10.1 Å². The molecule has 0 saturated heterocycles. The molecule has 2 heterocycles. The first kappa shape index (κ1) is 21.3. The number of hydrogen-bond acceptors (Lipinski definition) is 7. The summed E-state index contributed by atoms with van der Waals surface area (Å²) in [6, 6.07) is 3.91. The molecule has 1 aromatic carbocycles. The quantitative estimate of drug-likeness (QED) is 0.377. The van der Waals surface area contributed by atoms with Crippen molar-refractivity contribution in [2.45, 2.75) is 24.7 Å². The molecule has 1 N–H and O–H groups in total. The number of carbonyl (C=O) groups excluding carboxylic acids is 1. The van der Waals surface area contributed by atoms with Crippen LogP contribution in [0.15, 0.2) is 47.6 Å². The van der Waals surface area contributed by atoms with Crippen LogP contribution in [0.3, 0.4) is 0 Å². The fraction of sp³-hybridized carbons (Fsp3) is 0.222. The Morgan fingerprint density at radius 3 is 3.03 bits per heavy atom. The van der Waals surface area contributed by atoms with Crippen molar-refractivity contribution >= 4 is 45.7 Å². The first-order chi connectivity index (χ1) is 14.0. The molecule has 0 aliphatic carbocycles. The molecule has 1 atom stereocenters. The number of benzene rings is 1. The summed E-state index contributed by atoms with van der Waals surface area (Å²) in [6.45, 7) is 5.97. The van der Waals surface area contributed by atoms with Crippen LogP contribution in [0.1, 0.15) is 18.9 Å². The van der Waals surface area contributed by atoms with Gasteiger partial charge >= 0.3 is 0 Å². The summed E-state index contributed by atoms with van der Waals surface area (Å²) in [6.07, 6.45) is 2.81. The normalized spacial score (nSPS) is 11.8. The van der Waals surface area contributed by atoms with Gasteiger partial charge in [-0.3, -0.25) is 9.36 Å². The lowest BCUT2D eigenvalue weighted by molar-refractivity contribution is -0.113. The van der Waals surface area contributed by atoms with Crippen molar-refractivity contribution in [2.24, 2.45) is 0 Å². The van der Waals surface area contributed by atoms with Crippen molar-refractivity contribution in [3.8, 4) is 5.75 Å². The SMILES string of the molecule is C=CCn1c(SCC(=O)Nc2nccs2)nnc1C(C)Oc1ccc(F)cc1Cl. The van der Waals surface area contributed by atoms with Gasteiger partial charge in [-0.15, -0.1) is 28.1 Å². The van der Waals surface area contributed by atoms with Gasteiger partial charge in [-0.25, -0.2) is 9.37 Å². The highest BCUT2D eigenvalue weighted by Gasteiger charge is 2.20. The summed E-state index contributed by atoms with van der Waals surface area (Å²) in [4.78, 5) is 16.1. The van der Waals surface area contributed by atoms with Crippen LogP contribution in [-0.4, -0.2) is 31.4 Å². The zero-order chi connectivity index (χ0) is 20.8. The van der Waals surface area contributed by atoms with Crippen molar-refractivity contribution in [1.29, 1.82) is 0 Å². The van der Waals surface area contributed by atoms with E-state index in [9.17, 15) is 9.18 Å². The number of hydrogen-bond donors (Lipinski definition) is 1. The van der Waals surface area contributed by atoms with Crippen LogP contribution in [0.25, 0.3) is 0 Å². The van der Waals surface area contributed by atoms with E-state index < -0.39 is 11.9 Å². The van der Waals surface area contributed by atoms with Crippen molar-refractivity contribution in [1.82, 2.24) is 19.7 Å². The average molecular weight is 454 g/mol. The molecular formula is C18H17ClFN5O2S2. The zero-order valence-corrected chi connectivity index (χ0v) is 17.7. The second-order valence-corrected chi connectivity index (χ2v) is 7.99. The number of rotatable bonds is 9. The van der Waals surface area contributed by atoms with E-state index in [-0.39, 0.29) is 16.7 Å². The third kappa shape index (κ3) is 5.55. The second-order valence-electron chi connectivity index (χ2n) is 5.75. The largest absolute Gasteiger partial charge is 0.481 e. The smallest absolute Gasteiger partial charge is 0.236 e. The highest BCUT2D eigenvalue weighted by Crippen LogP contribution is 2.30. The average Bonchev–Trinajstić information content (AvgIpc) is 3.32. The predicted octanol–water partition coefficient (Wildman–Crippen LogP) is 4.58. The number of nitrogens with zero attached hydrogens (tertiary/aromatic N) is 4. The molecular weight excluding hydrogens is 437 g/mol. The topological polar surface area (TPSA) is 81.9 Å². The molecule has 0 spiro atoms. The molecule has 152 valence electrons. The van der Waals surface area contributed by atoms with Crippen LogP contribution in [0, 0.1) is 5.82 Å². The number of halogens is 2. The minimum absolute atomic E-state index is 0.147. The number of allylic oxidation sites excluding steroid dienone is 1. The summed E-state index contributed by atoms with van der Waals surface area (Å²) in [7, 11) is 0. The predicted molar refractivity (Wildman–Crippen MR) is 112 cm³/mol. The maximum atomic E-state index is 13.2. The van der Waals surface area contributed by atoms with E-state index in [0.29, 0.717) is 28.4 Å². The highest BCUT2D eigenvalue weighted by atomic mass is 35.5. The van der Waals surface area contributed by atoms with Crippen LogP contribution in [-0.2, 0) is 11.3 Å². The van der Waals surface area contributed by atoms with Gasteiger partial charge in [0.05, 0.1) is 10.8 Å². The minimum atomic E-state index is -0.510. The maximum Gasteiger partial charge on any atom is 0.236 e. The summed E-state index contributed by atoms with van der Waals surface area (Å²) >= 11 is 8.62. The number of nitrogens with one attached hydrogen (secondary N) is 1. The molecule has 0 saturated carbocycles. The molecule has 11 heteroatoms. The Hall–Kier alpha value is -2.43. The van der Waals surface area contributed by atoms with E-state index in [1.54, 1.807) is 29.1 Å². The molecule has 0 aliphatic rings. The Labute approximate surface area is 180 Å². The van der Waals surface area contributed by atoms with Crippen molar-refractivity contribution < 1.29 is 13.9 Å². The van der Waals surface area contributed by atoms with E-state index in [2.05, 4.69) is 27.1 Å². The van der Waals surface area contributed by atoms with E-state index in [0.717, 1.165) is 0 Å². The summed E-state index contributed by atoms with van der Waals surface area (Å²) in [5.74, 6) is 0.383. The maximum absolute atomic E-state index is 13.2. The number of carbonyl (C=O) groups is 1. The van der Waals surface area contributed by atoms with Gasteiger partial charge in [-0.05, 0) is 25.1 Å². The van der Waals surface area contributed by atoms with Gasteiger partial charge in [0, 0.05) is 18.1 Å². The minimum Gasteiger partial charge on any atom is -0.481 e. The van der Waals surface area contributed by atoms with Gasteiger partial charge in [-0.2, -0.15) is 0 Å². The molecule has 3 rings (SSSR count). The van der Waals surface area contributed by atoms with Crippen molar-refractivity contribution in [2.75, 3.05) is 11.1 Å². The molecule has 1 amide bonds. The van der Waals surface area contributed by atoms with Crippen molar-refractivity contribution in [3.63, 3.8) is 0 Å². The number of amides is 1. The lowest BCUT2D eigenvalue weighted by Gasteiger charge is -2.16. The second kappa shape index (κ2) is 9.86. The number of thioether (sulfide) groups is 1. The van der Waals surface area contributed by atoms with Crippen molar-refractivity contribution in [3.05, 3.63) is 59.1 Å². The highest BCUT2D eigenvalue weighted by molar-refractivity contribution is 7.99. The first-order valence-corrected chi connectivity index (χ1v) is 10.7. The molecule has 1 unspecified atom stereocenters. The Kier molecular flexibility index (Phi) is 7.24. The van der Waals surface area contributed by atoms with Gasteiger partial charge in [0.1, 0.15) is 11.6 Å². The Morgan fingerprint density at radius 2 is 2.34 bits per heavy atom. The Balaban J connectivity index is 1.70. The number of anilines is 1. The zero-order valence-electron chi connectivity index (χ0n) is 15.3. The van der Waals surface area contributed by atoms with Crippen LogP contribution in [0.4, 0.5) is 9.52 Å².